The number of ketones is 1. The molecule has 0 bridgehead atoms. The van der Waals surface area contributed by atoms with E-state index in [2.05, 4.69) is 0 Å². The number of halogens is 4. The predicted molar refractivity (Wildman–Crippen MR) is 120 cm³/mol. The maximum absolute atomic E-state index is 14.9. The number of aliphatic hydroxyl groups is 1. The molecule has 0 radical (unpaired) electrons. The van der Waals surface area contributed by atoms with Gasteiger partial charge in [0.05, 0.1) is 23.8 Å². The van der Waals surface area contributed by atoms with Crippen molar-refractivity contribution < 1.29 is 37.0 Å². The summed E-state index contributed by atoms with van der Waals surface area (Å²) in [7, 11) is 0. The topological polar surface area (TPSA) is 66.8 Å². The molecule has 0 spiro atoms. The van der Waals surface area contributed by atoms with E-state index in [0.717, 1.165) is 23.1 Å². The lowest BCUT2D eigenvalue weighted by Gasteiger charge is -2.26. The Morgan fingerprint density at radius 3 is 2.31 bits per heavy atom. The molecule has 1 aliphatic rings. The first-order chi connectivity index (χ1) is 16.6. The highest BCUT2D eigenvalue weighted by Gasteiger charge is 2.48. The molecule has 1 fully saturated rings. The van der Waals surface area contributed by atoms with Crippen LogP contribution in [0.5, 0.6) is 5.75 Å². The summed E-state index contributed by atoms with van der Waals surface area (Å²) in [4.78, 5) is 26.9. The summed E-state index contributed by atoms with van der Waals surface area (Å²) in [6.45, 7) is 2.19. The van der Waals surface area contributed by atoms with Crippen LogP contribution in [0.4, 0.5) is 23.2 Å². The largest absolute Gasteiger partial charge is 0.507 e. The summed E-state index contributed by atoms with van der Waals surface area (Å²) in [5, 5.41) is 11.0. The van der Waals surface area contributed by atoms with Crippen molar-refractivity contribution in [3.05, 3.63) is 101 Å². The number of hydrogen-bond donors (Lipinski definition) is 1. The quantitative estimate of drug-likeness (QED) is 0.213. The van der Waals surface area contributed by atoms with Crippen molar-refractivity contribution in [1.29, 1.82) is 0 Å². The summed E-state index contributed by atoms with van der Waals surface area (Å²) in [6.07, 6.45) is -4.71. The maximum Gasteiger partial charge on any atom is 0.416 e. The number of anilines is 1. The molecule has 3 aromatic rings. The first-order valence-corrected chi connectivity index (χ1v) is 10.6. The van der Waals surface area contributed by atoms with Gasteiger partial charge < -0.3 is 9.84 Å². The Morgan fingerprint density at radius 2 is 1.69 bits per heavy atom. The molecule has 3 aromatic carbocycles. The minimum absolute atomic E-state index is 0.150. The number of Topliss-reactive ketones (excluding diaryl/α,β-unsaturated/α-hetero) is 1. The van der Waals surface area contributed by atoms with Gasteiger partial charge in [0.25, 0.3) is 11.7 Å². The number of carbonyl (C=O) groups excluding carboxylic acids is 2. The lowest BCUT2D eigenvalue weighted by molar-refractivity contribution is -0.137. The number of benzene rings is 3. The predicted octanol–water partition coefficient (Wildman–Crippen LogP) is 5.87. The molecule has 180 valence electrons. The number of hydrogen-bond acceptors (Lipinski definition) is 4. The van der Waals surface area contributed by atoms with Gasteiger partial charge in [0.15, 0.2) is 0 Å². The van der Waals surface area contributed by atoms with E-state index in [1.54, 1.807) is 19.1 Å². The van der Waals surface area contributed by atoms with Gasteiger partial charge in [0.2, 0.25) is 0 Å². The van der Waals surface area contributed by atoms with E-state index in [0.29, 0.717) is 18.4 Å². The molecule has 1 saturated heterocycles. The van der Waals surface area contributed by atoms with Gasteiger partial charge in [-0.1, -0.05) is 24.3 Å². The van der Waals surface area contributed by atoms with Gasteiger partial charge >= 0.3 is 6.18 Å². The van der Waals surface area contributed by atoms with E-state index in [1.165, 1.54) is 36.4 Å². The Hall–Kier alpha value is -4.14. The average molecular weight is 485 g/mol. The molecule has 5 nitrogen and oxygen atoms in total. The van der Waals surface area contributed by atoms with Crippen LogP contribution in [-0.4, -0.2) is 23.4 Å². The molecular formula is C26H19F4NO4. The van der Waals surface area contributed by atoms with Crippen molar-refractivity contribution >= 4 is 23.1 Å². The molecular weight excluding hydrogens is 466 g/mol. The number of rotatable bonds is 5. The smallest absolute Gasteiger partial charge is 0.416 e. The molecule has 1 heterocycles. The number of amides is 1. The molecule has 1 N–H and O–H groups in total. The van der Waals surface area contributed by atoms with Crippen LogP contribution in [0.3, 0.4) is 0 Å². The second-order valence-electron chi connectivity index (χ2n) is 7.70. The second kappa shape index (κ2) is 9.25. The van der Waals surface area contributed by atoms with Crippen LogP contribution >= 0.6 is 0 Å². The zero-order valence-electron chi connectivity index (χ0n) is 18.3. The SMILES string of the molecule is CCOc1ccc(/C(O)=C2\C(=O)C(=O)N(c3cccc(C(F)(F)F)c3)C2c2ccccc2F)cc1. The number of carbonyl (C=O) groups is 2. The van der Waals surface area contributed by atoms with Crippen molar-refractivity contribution in [2.24, 2.45) is 0 Å². The van der Waals surface area contributed by atoms with Gasteiger partial charge in [-0.05, 0) is 55.5 Å². The van der Waals surface area contributed by atoms with Crippen molar-refractivity contribution in [2.75, 3.05) is 11.5 Å². The Balaban J connectivity index is 1.92. The molecule has 9 heteroatoms. The number of ether oxygens (including phenoxy) is 1. The molecule has 4 rings (SSSR count). The zero-order chi connectivity index (χ0) is 25.3. The molecule has 1 atom stereocenters. The molecule has 0 aromatic heterocycles. The van der Waals surface area contributed by atoms with Crippen molar-refractivity contribution in [3.63, 3.8) is 0 Å². The van der Waals surface area contributed by atoms with Crippen molar-refractivity contribution in [1.82, 2.24) is 0 Å². The van der Waals surface area contributed by atoms with E-state index in [1.807, 2.05) is 0 Å². The molecule has 0 aliphatic carbocycles. The van der Waals surface area contributed by atoms with E-state index in [4.69, 9.17) is 4.74 Å². The molecule has 0 saturated carbocycles. The van der Waals surface area contributed by atoms with Gasteiger partial charge in [-0.25, -0.2) is 4.39 Å². The Morgan fingerprint density at radius 1 is 1.00 bits per heavy atom. The van der Waals surface area contributed by atoms with Gasteiger partial charge in [-0.15, -0.1) is 0 Å². The fraction of sp³-hybridized carbons (Fsp3) is 0.154. The normalized spacial score (nSPS) is 17.6. The Labute approximate surface area is 197 Å². The highest BCUT2D eigenvalue weighted by molar-refractivity contribution is 6.51. The summed E-state index contributed by atoms with van der Waals surface area (Å²) in [6, 6.07) is 13.6. The number of aliphatic hydroxyl groups excluding tert-OH is 1. The maximum atomic E-state index is 14.9. The van der Waals surface area contributed by atoms with E-state index in [-0.39, 0.29) is 16.8 Å². The van der Waals surface area contributed by atoms with Crippen LogP contribution < -0.4 is 9.64 Å². The first kappa shape index (κ1) is 24.0. The minimum atomic E-state index is -4.71. The standard InChI is InChI=1S/C26H19F4NO4/c1-2-35-18-12-10-15(11-13-18)23(32)21-22(19-8-3-4-9-20(19)27)31(25(34)24(21)33)17-7-5-6-16(14-17)26(28,29)30/h3-14,22,32H,2H2,1H3/b23-21+. The van der Waals surface area contributed by atoms with Gasteiger partial charge in [-0.2, -0.15) is 13.2 Å². The number of alkyl halides is 3. The molecule has 1 aliphatic heterocycles. The first-order valence-electron chi connectivity index (χ1n) is 10.6. The van der Waals surface area contributed by atoms with Crippen LogP contribution in [0.1, 0.15) is 29.7 Å². The third-order valence-electron chi connectivity index (χ3n) is 5.53. The van der Waals surface area contributed by atoms with E-state index < -0.39 is 46.6 Å². The summed E-state index contributed by atoms with van der Waals surface area (Å²) >= 11 is 0. The molecule has 35 heavy (non-hydrogen) atoms. The highest BCUT2D eigenvalue weighted by atomic mass is 19.4. The highest BCUT2D eigenvalue weighted by Crippen LogP contribution is 2.44. The average Bonchev–Trinajstić information content (AvgIpc) is 3.09. The zero-order valence-corrected chi connectivity index (χ0v) is 18.3. The van der Waals surface area contributed by atoms with Crippen LogP contribution in [0.15, 0.2) is 78.4 Å². The van der Waals surface area contributed by atoms with Gasteiger partial charge in [0.1, 0.15) is 17.3 Å². The van der Waals surface area contributed by atoms with Gasteiger partial charge in [0, 0.05) is 16.8 Å². The summed E-state index contributed by atoms with van der Waals surface area (Å²) in [5.74, 6) is -3.23. The van der Waals surface area contributed by atoms with E-state index >= 15 is 0 Å². The lowest BCUT2D eigenvalue weighted by Crippen LogP contribution is -2.30. The number of nitrogens with zero attached hydrogens (tertiary/aromatic N) is 1. The van der Waals surface area contributed by atoms with Crippen LogP contribution in [0.2, 0.25) is 0 Å². The summed E-state index contributed by atoms with van der Waals surface area (Å²) in [5.41, 5.74) is -1.76. The molecule has 1 amide bonds. The second-order valence-corrected chi connectivity index (χ2v) is 7.70. The van der Waals surface area contributed by atoms with E-state index in [9.17, 15) is 32.3 Å². The molecule has 1 unspecified atom stereocenters. The van der Waals surface area contributed by atoms with Crippen LogP contribution in [0, 0.1) is 5.82 Å². The third kappa shape index (κ3) is 4.49. The Kier molecular flexibility index (Phi) is 6.34. The summed E-state index contributed by atoms with van der Waals surface area (Å²) < 4.78 is 60.2. The monoisotopic (exact) mass is 485 g/mol. The fourth-order valence-electron chi connectivity index (χ4n) is 3.95. The Bertz CT molecular complexity index is 1320. The minimum Gasteiger partial charge on any atom is -0.507 e. The van der Waals surface area contributed by atoms with Crippen molar-refractivity contribution in [3.8, 4) is 5.75 Å². The fourth-order valence-corrected chi connectivity index (χ4v) is 3.95. The third-order valence-corrected chi connectivity index (χ3v) is 5.53. The van der Waals surface area contributed by atoms with Gasteiger partial charge in [-0.3, -0.25) is 14.5 Å². The lowest BCUT2D eigenvalue weighted by atomic mass is 9.94. The van der Waals surface area contributed by atoms with Crippen LogP contribution in [-0.2, 0) is 15.8 Å². The van der Waals surface area contributed by atoms with Crippen molar-refractivity contribution in [2.45, 2.75) is 19.1 Å². The van der Waals surface area contributed by atoms with Crippen LogP contribution in [0.25, 0.3) is 5.76 Å².